The van der Waals surface area contributed by atoms with Gasteiger partial charge in [-0.25, -0.2) is 4.79 Å². The van der Waals surface area contributed by atoms with Crippen LogP contribution >= 0.6 is 0 Å². The molecule has 0 aliphatic carbocycles. The van der Waals surface area contributed by atoms with Gasteiger partial charge < -0.3 is 21.3 Å². The van der Waals surface area contributed by atoms with Crippen molar-refractivity contribution in [2.75, 3.05) is 6.61 Å². The number of hydrogen-bond donors (Lipinski definition) is 3. The molecule has 0 bridgehead atoms. The highest BCUT2D eigenvalue weighted by Crippen LogP contribution is 2.08. The van der Waals surface area contributed by atoms with E-state index >= 15 is 0 Å². The van der Waals surface area contributed by atoms with Crippen LogP contribution < -0.4 is 11.5 Å². The minimum atomic E-state index is -0.933. The van der Waals surface area contributed by atoms with E-state index in [0.717, 1.165) is 5.56 Å². The Morgan fingerprint density at radius 3 is 2.24 bits per heavy atom. The topological polar surface area (TPSA) is 116 Å². The third-order valence-corrected chi connectivity index (χ3v) is 2.19. The lowest BCUT2D eigenvalue weighted by molar-refractivity contribution is 0.0639. The second-order valence-corrected chi connectivity index (χ2v) is 3.51. The van der Waals surface area contributed by atoms with Gasteiger partial charge in [0.1, 0.15) is 6.10 Å². The Labute approximate surface area is 98.2 Å². The highest BCUT2D eigenvalue weighted by atomic mass is 16.6. The molecule has 1 rings (SSSR count). The average molecular weight is 238 g/mol. The second-order valence-electron chi connectivity index (χ2n) is 3.51. The molecule has 6 nitrogen and oxygen atoms in total. The predicted molar refractivity (Wildman–Crippen MR) is 60.2 cm³/mol. The Morgan fingerprint density at radius 1 is 1.24 bits per heavy atom. The van der Waals surface area contributed by atoms with Gasteiger partial charge in [-0.05, 0) is 17.7 Å². The van der Waals surface area contributed by atoms with Crippen molar-refractivity contribution in [3.8, 4) is 0 Å². The van der Waals surface area contributed by atoms with Gasteiger partial charge in [0.25, 0.3) is 0 Å². The van der Waals surface area contributed by atoms with E-state index in [1.165, 1.54) is 0 Å². The van der Waals surface area contributed by atoms with Gasteiger partial charge >= 0.3 is 6.09 Å². The fourth-order valence-electron chi connectivity index (χ4n) is 1.38. The quantitative estimate of drug-likeness (QED) is 0.657. The molecule has 1 aromatic carbocycles. The monoisotopic (exact) mass is 238 g/mol. The Bertz CT molecular complexity index is 402. The van der Waals surface area contributed by atoms with Crippen LogP contribution in [0.15, 0.2) is 24.3 Å². The van der Waals surface area contributed by atoms with E-state index in [2.05, 4.69) is 4.74 Å². The summed E-state index contributed by atoms with van der Waals surface area (Å²) < 4.78 is 4.68. The molecule has 0 fully saturated rings. The van der Waals surface area contributed by atoms with E-state index < -0.39 is 18.1 Å². The first-order valence-corrected chi connectivity index (χ1v) is 4.98. The molecule has 1 atom stereocenters. The third-order valence-electron chi connectivity index (χ3n) is 2.19. The van der Waals surface area contributed by atoms with Gasteiger partial charge in [0, 0.05) is 12.0 Å². The van der Waals surface area contributed by atoms with Crippen LogP contribution in [-0.4, -0.2) is 29.8 Å². The summed E-state index contributed by atoms with van der Waals surface area (Å²) in [5, 5.41) is 8.97. The second kappa shape index (κ2) is 5.86. The Kier molecular flexibility index (Phi) is 4.47. The first-order valence-electron chi connectivity index (χ1n) is 4.98. The molecule has 6 heteroatoms. The third kappa shape index (κ3) is 4.12. The van der Waals surface area contributed by atoms with Gasteiger partial charge in [0.15, 0.2) is 0 Å². The number of ether oxygens (including phenoxy) is 1. The molecular weight excluding hydrogens is 224 g/mol. The van der Waals surface area contributed by atoms with Gasteiger partial charge in [-0.15, -0.1) is 0 Å². The lowest BCUT2D eigenvalue weighted by Gasteiger charge is -2.13. The highest BCUT2D eigenvalue weighted by molar-refractivity contribution is 5.92. The number of primary amides is 2. The molecule has 17 heavy (non-hydrogen) atoms. The maximum absolute atomic E-state index is 10.8. The molecule has 0 aromatic heterocycles. The molecule has 0 spiro atoms. The Morgan fingerprint density at radius 2 is 1.82 bits per heavy atom. The molecule has 0 heterocycles. The van der Waals surface area contributed by atoms with Crippen LogP contribution in [-0.2, 0) is 11.2 Å². The van der Waals surface area contributed by atoms with E-state index in [-0.39, 0.29) is 6.61 Å². The number of benzene rings is 1. The van der Waals surface area contributed by atoms with Crippen LogP contribution in [0.25, 0.3) is 0 Å². The zero-order valence-electron chi connectivity index (χ0n) is 9.13. The normalized spacial score (nSPS) is 11.8. The van der Waals surface area contributed by atoms with Crippen molar-refractivity contribution in [3.63, 3.8) is 0 Å². The largest absolute Gasteiger partial charge is 0.444 e. The van der Waals surface area contributed by atoms with E-state index in [9.17, 15) is 9.59 Å². The first-order chi connectivity index (χ1) is 8.02. The summed E-state index contributed by atoms with van der Waals surface area (Å²) in [7, 11) is 0. The predicted octanol–water partition coefficient (Wildman–Crippen LogP) is -0.216. The molecule has 0 radical (unpaired) electrons. The molecular formula is C11H14N2O4. The van der Waals surface area contributed by atoms with Crippen molar-refractivity contribution < 1.29 is 19.4 Å². The number of nitrogens with two attached hydrogens (primary N) is 2. The Hall–Kier alpha value is -2.08. The van der Waals surface area contributed by atoms with E-state index in [4.69, 9.17) is 16.6 Å². The lowest BCUT2D eigenvalue weighted by Crippen LogP contribution is -2.27. The maximum Gasteiger partial charge on any atom is 0.404 e. The summed E-state index contributed by atoms with van der Waals surface area (Å²) in [5.41, 5.74) is 11.1. The number of aliphatic hydroxyl groups excluding tert-OH is 1. The van der Waals surface area contributed by atoms with Crippen LogP contribution in [0.4, 0.5) is 4.79 Å². The highest BCUT2D eigenvalue weighted by Gasteiger charge is 2.12. The number of amides is 2. The van der Waals surface area contributed by atoms with Gasteiger partial charge in [0.2, 0.25) is 5.91 Å². The number of carbonyl (C=O) groups is 2. The minimum Gasteiger partial charge on any atom is -0.444 e. The number of hydrogen-bond acceptors (Lipinski definition) is 4. The average Bonchev–Trinajstić information content (AvgIpc) is 2.28. The van der Waals surface area contributed by atoms with Crippen molar-refractivity contribution in [2.45, 2.75) is 12.5 Å². The molecule has 0 unspecified atom stereocenters. The number of rotatable bonds is 5. The number of carbonyl (C=O) groups excluding carboxylic acids is 2. The molecule has 5 N–H and O–H groups in total. The fraction of sp³-hybridized carbons (Fsp3) is 0.273. The molecule has 0 aliphatic heterocycles. The lowest BCUT2D eigenvalue weighted by atomic mass is 10.1. The van der Waals surface area contributed by atoms with Crippen molar-refractivity contribution in [3.05, 3.63) is 35.4 Å². The van der Waals surface area contributed by atoms with Crippen molar-refractivity contribution in [1.82, 2.24) is 0 Å². The molecule has 2 amide bonds. The molecule has 92 valence electrons. The maximum atomic E-state index is 10.8. The smallest absolute Gasteiger partial charge is 0.404 e. The van der Waals surface area contributed by atoms with Crippen LogP contribution in [0.3, 0.4) is 0 Å². The Balaban J connectivity index is 2.67. The van der Waals surface area contributed by atoms with E-state index in [1.54, 1.807) is 24.3 Å². The van der Waals surface area contributed by atoms with E-state index in [0.29, 0.717) is 12.0 Å². The zero-order chi connectivity index (χ0) is 12.8. The number of aliphatic hydroxyl groups is 1. The van der Waals surface area contributed by atoms with Crippen molar-refractivity contribution in [2.24, 2.45) is 11.5 Å². The van der Waals surface area contributed by atoms with Crippen LogP contribution in [0.2, 0.25) is 0 Å². The standard InChI is InChI=1S/C11H14N2O4/c12-10(15)8-3-1-7(2-4-8)5-9(6-14)17-11(13)16/h1-4,9,14H,5-6H2,(H2,12,15)(H2,13,16)/t9-/m0/s1. The van der Waals surface area contributed by atoms with Crippen LogP contribution in [0.1, 0.15) is 15.9 Å². The summed E-state index contributed by atoms with van der Waals surface area (Å²) in [6, 6.07) is 6.48. The van der Waals surface area contributed by atoms with Crippen molar-refractivity contribution in [1.29, 1.82) is 0 Å². The van der Waals surface area contributed by atoms with Crippen molar-refractivity contribution >= 4 is 12.0 Å². The van der Waals surface area contributed by atoms with Gasteiger partial charge in [-0.1, -0.05) is 12.1 Å². The SMILES string of the molecule is NC(=O)O[C@H](CO)Cc1ccc(C(N)=O)cc1. The first kappa shape index (κ1) is 13.0. The molecule has 0 saturated carbocycles. The van der Waals surface area contributed by atoms with E-state index in [1.807, 2.05) is 0 Å². The minimum absolute atomic E-state index is 0.318. The van der Waals surface area contributed by atoms with Crippen LogP contribution in [0.5, 0.6) is 0 Å². The van der Waals surface area contributed by atoms with Crippen LogP contribution in [0, 0.1) is 0 Å². The summed E-state index contributed by atoms with van der Waals surface area (Å²) in [6.45, 7) is -0.319. The summed E-state index contributed by atoms with van der Waals surface area (Å²) >= 11 is 0. The van der Waals surface area contributed by atoms with Gasteiger partial charge in [-0.3, -0.25) is 4.79 Å². The molecule has 0 aliphatic rings. The van der Waals surface area contributed by atoms with Gasteiger partial charge in [0.05, 0.1) is 6.61 Å². The summed E-state index contributed by atoms with van der Waals surface area (Å²) in [5.74, 6) is -0.511. The van der Waals surface area contributed by atoms with Gasteiger partial charge in [-0.2, -0.15) is 0 Å². The summed E-state index contributed by atoms with van der Waals surface area (Å²) in [6.07, 6.45) is -1.30. The fourth-order valence-corrected chi connectivity index (χ4v) is 1.38. The molecule has 1 aromatic rings. The zero-order valence-corrected chi connectivity index (χ0v) is 9.13. The molecule has 0 saturated heterocycles. The summed E-state index contributed by atoms with van der Waals surface area (Å²) in [4.78, 5) is 21.4.